The minimum Gasteiger partial charge on any atom is -0.366 e. The highest BCUT2D eigenvalue weighted by Crippen LogP contribution is 2.32. The molecule has 62 valence electrons. The smallest absolute Gasteiger partial charge is 0.180 e. The highest BCUT2D eigenvalue weighted by Gasteiger charge is 2.30. The molecule has 1 aliphatic heterocycles. The van der Waals surface area contributed by atoms with E-state index in [1.54, 1.807) is 6.92 Å². The van der Waals surface area contributed by atoms with Gasteiger partial charge in [0.1, 0.15) is 0 Å². The van der Waals surface area contributed by atoms with Crippen molar-refractivity contribution in [3.05, 3.63) is 35.4 Å². The monoisotopic (exact) mass is 161 g/mol. The summed E-state index contributed by atoms with van der Waals surface area (Å²) in [5.74, 6) is 0. The van der Waals surface area contributed by atoms with Crippen molar-refractivity contribution in [2.75, 3.05) is 0 Å². The first-order chi connectivity index (χ1) is 5.61. The zero-order chi connectivity index (χ0) is 8.77. The normalized spacial score (nSPS) is 26.8. The number of aliphatic imine (C=N–C) groups is 1. The van der Waals surface area contributed by atoms with Crippen LogP contribution in [0, 0.1) is 0 Å². The highest BCUT2D eigenvalue weighted by atomic mass is 16.3. The van der Waals surface area contributed by atoms with Crippen molar-refractivity contribution < 1.29 is 5.11 Å². The van der Waals surface area contributed by atoms with E-state index in [0.717, 1.165) is 16.8 Å². The Hall–Kier alpha value is -1.15. The summed E-state index contributed by atoms with van der Waals surface area (Å²) < 4.78 is 0. The van der Waals surface area contributed by atoms with Crippen LogP contribution in [0.4, 0.5) is 0 Å². The molecule has 1 N–H and O–H groups in total. The van der Waals surface area contributed by atoms with Crippen LogP contribution in [0.2, 0.25) is 0 Å². The number of aliphatic hydroxyl groups is 1. The minimum absolute atomic E-state index is 0.905. The fraction of sp³-hybridized carbons (Fsp3) is 0.300. The quantitative estimate of drug-likeness (QED) is 0.616. The predicted octanol–water partition coefficient (Wildman–Crippen LogP) is 1.67. The lowest BCUT2D eigenvalue weighted by atomic mass is 10.0. The molecule has 0 saturated carbocycles. The SMILES string of the molecule is CC1=NC(C)(O)c2ccccc21. The molecule has 1 unspecified atom stereocenters. The van der Waals surface area contributed by atoms with Crippen LogP contribution in [-0.4, -0.2) is 10.8 Å². The highest BCUT2D eigenvalue weighted by molar-refractivity contribution is 6.02. The van der Waals surface area contributed by atoms with Crippen molar-refractivity contribution in [1.82, 2.24) is 0 Å². The Morgan fingerprint density at radius 1 is 1.33 bits per heavy atom. The molecule has 0 aromatic heterocycles. The van der Waals surface area contributed by atoms with Gasteiger partial charge in [0.2, 0.25) is 0 Å². The van der Waals surface area contributed by atoms with Gasteiger partial charge in [-0.05, 0) is 13.8 Å². The Labute approximate surface area is 71.6 Å². The van der Waals surface area contributed by atoms with Gasteiger partial charge in [0, 0.05) is 16.8 Å². The molecular weight excluding hydrogens is 150 g/mol. The fourth-order valence-corrected chi connectivity index (χ4v) is 1.66. The Balaban J connectivity index is 2.68. The van der Waals surface area contributed by atoms with Crippen molar-refractivity contribution >= 4 is 5.71 Å². The molecule has 12 heavy (non-hydrogen) atoms. The van der Waals surface area contributed by atoms with E-state index in [4.69, 9.17) is 0 Å². The van der Waals surface area contributed by atoms with Crippen LogP contribution in [0.15, 0.2) is 29.3 Å². The molecule has 1 aliphatic rings. The summed E-state index contributed by atoms with van der Waals surface area (Å²) in [4.78, 5) is 4.16. The third kappa shape index (κ3) is 0.883. The van der Waals surface area contributed by atoms with Crippen LogP contribution in [0.5, 0.6) is 0 Å². The van der Waals surface area contributed by atoms with Gasteiger partial charge in [0.05, 0.1) is 0 Å². The van der Waals surface area contributed by atoms with Crippen LogP contribution in [-0.2, 0) is 5.72 Å². The van der Waals surface area contributed by atoms with E-state index in [-0.39, 0.29) is 0 Å². The van der Waals surface area contributed by atoms with E-state index in [2.05, 4.69) is 4.99 Å². The van der Waals surface area contributed by atoms with Gasteiger partial charge < -0.3 is 5.11 Å². The first kappa shape index (κ1) is 7.50. The third-order valence-electron chi connectivity index (χ3n) is 2.21. The second-order valence-electron chi connectivity index (χ2n) is 3.26. The predicted molar refractivity (Wildman–Crippen MR) is 48.2 cm³/mol. The fourth-order valence-electron chi connectivity index (χ4n) is 1.66. The molecule has 2 nitrogen and oxygen atoms in total. The van der Waals surface area contributed by atoms with Crippen LogP contribution in [0.1, 0.15) is 25.0 Å². The minimum atomic E-state index is -1.01. The number of rotatable bonds is 0. The average Bonchev–Trinajstić information content (AvgIpc) is 2.25. The van der Waals surface area contributed by atoms with Crippen molar-refractivity contribution in [2.45, 2.75) is 19.6 Å². The maximum absolute atomic E-state index is 9.83. The molecule has 1 aromatic rings. The lowest BCUT2D eigenvalue weighted by Gasteiger charge is -2.13. The Kier molecular flexibility index (Phi) is 1.36. The Morgan fingerprint density at radius 2 is 2.00 bits per heavy atom. The second-order valence-corrected chi connectivity index (χ2v) is 3.26. The van der Waals surface area contributed by atoms with E-state index in [9.17, 15) is 5.11 Å². The molecule has 1 heterocycles. The van der Waals surface area contributed by atoms with E-state index >= 15 is 0 Å². The summed E-state index contributed by atoms with van der Waals surface area (Å²) in [5, 5.41) is 9.83. The molecule has 0 bridgehead atoms. The number of benzene rings is 1. The van der Waals surface area contributed by atoms with Crippen LogP contribution < -0.4 is 0 Å². The zero-order valence-electron chi connectivity index (χ0n) is 7.20. The van der Waals surface area contributed by atoms with Crippen molar-refractivity contribution in [2.24, 2.45) is 4.99 Å². The van der Waals surface area contributed by atoms with Gasteiger partial charge in [-0.3, -0.25) is 4.99 Å². The molecular formula is C10H11NO. The number of hydrogen-bond donors (Lipinski definition) is 1. The van der Waals surface area contributed by atoms with Gasteiger partial charge in [-0.15, -0.1) is 0 Å². The molecule has 1 atom stereocenters. The Bertz CT molecular complexity index is 353. The zero-order valence-corrected chi connectivity index (χ0v) is 7.20. The topological polar surface area (TPSA) is 32.6 Å². The van der Waals surface area contributed by atoms with Gasteiger partial charge in [-0.2, -0.15) is 0 Å². The van der Waals surface area contributed by atoms with Crippen LogP contribution >= 0.6 is 0 Å². The average molecular weight is 161 g/mol. The molecule has 2 rings (SSSR count). The van der Waals surface area contributed by atoms with E-state index < -0.39 is 5.72 Å². The molecule has 0 radical (unpaired) electrons. The summed E-state index contributed by atoms with van der Waals surface area (Å²) in [6, 6.07) is 7.77. The maximum Gasteiger partial charge on any atom is 0.180 e. The molecule has 0 aliphatic carbocycles. The molecule has 2 heteroatoms. The summed E-state index contributed by atoms with van der Waals surface area (Å²) in [6.07, 6.45) is 0. The third-order valence-corrected chi connectivity index (χ3v) is 2.21. The summed E-state index contributed by atoms with van der Waals surface area (Å²) in [7, 11) is 0. The summed E-state index contributed by atoms with van der Waals surface area (Å²) >= 11 is 0. The number of hydrogen-bond acceptors (Lipinski definition) is 2. The maximum atomic E-state index is 9.83. The first-order valence-corrected chi connectivity index (χ1v) is 4.00. The molecule has 0 amide bonds. The molecule has 1 aromatic carbocycles. The van der Waals surface area contributed by atoms with E-state index in [1.165, 1.54) is 0 Å². The van der Waals surface area contributed by atoms with Crippen LogP contribution in [0.3, 0.4) is 0 Å². The Morgan fingerprint density at radius 3 is 2.67 bits per heavy atom. The first-order valence-electron chi connectivity index (χ1n) is 4.00. The van der Waals surface area contributed by atoms with Gasteiger partial charge in [-0.25, -0.2) is 0 Å². The number of nitrogens with zero attached hydrogens (tertiary/aromatic N) is 1. The van der Waals surface area contributed by atoms with Crippen molar-refractivity contribution in [3.8, 4) is 0 Å². The van der Waals surface area contributed by atoms with E-state index in [1.807, 2.05) is 31.2 Å². The van der Waals surface area contributed by atoms with Crippen molar-refractivity contribution in [3.63, 3.8) is 0 Å². The van der Waals surface area contributed by atoms with Gasteiger partial charge in [0.25, 0.3) is 0 Å². The van der Waals surface area contributed by atoms with Gasteiger partial charge >= 0.3 is 0 Å². The number of fused-ring (bicyclic) bond motifs is 1. The standard InChI is InChI=1S/C10H11NO/c1-7-8-5-3-4-6-9(8)10(2,12)11-7/h3-6,12H,1-2H3. The summed E-state index contributed by atoms with van der Waals surface area (Å²) in [5.41, 5.74) is 1.86. The van der Waals surface area contributed by atoms with Gasteiger partial charge in [-0.1, -0.05) is 24.3 Å². The van der Waals surface area contributed by atoms with Gasteiger partial charge in [0.15, 0.2) is 5.72 Å². The van der Waals surface area contributed by atoms with Crippen LogP contribution in [0.25, 0.3) is 0 Å². The largest absolute Gasteiger partial charge is 0.366 e. The lowest BCUT2D eigenvalue weighted by molar-refractivity contribution is 0.0714. The molecule has 0 fully saturated rings. The second kappa shape index (κ2) is 2.17. The lowest BCUT2D eigenvalue weighted by Crippen LogP contribution is -2.14. The molecule has 0 saturated heterocycles. The van der Waals surface area contributed by atoms with Crippen molar-refractivity contribution in [1.29, 1.82) is 0 Å². The van der Waals surface area contributed by atoms with E-state index in [0.29, 0.717) is 0 Å². The summed E-state index contributed by atoms with van der Waals surface area (Å²) in [6.45, 7) is 3.63. The molecule has 0 spiro atoms.